The second-order valence-electron chi connectivity index (χ2n) is 4.52. The van der Waals surface area contributed by atoms with E-state index < -0.39 is 11.5 Å². The van der Waals surface area contributed by atoms with Crippen molar-refractivity contribution in [3.8, 4) is 0 Å². The van der Waals surface area contributed by atoms with E-state index in [2.05, 4.69) is 5.32 Å². The second kappa shape index (κ2) is 5.91. The average molecular weight is 290 g/mol. The summed E-state index contributed by atoms with van der Waals surface area (Å²) in [7, 11) is 1.35. The predicted molar refractivity (Wildman–Crippen MR) is 74.1 cm³/mol. The Morgan fingerprint density at radius 1 is 1.39 bits per heavy atom. The van der Waals surface area contributed by atoms with Crippen molar-refractivity contribution in [2.75, 3.05) is 7.11 Å². The maximum atomic E-state index is 12.0. The fourth-order valence-electron chi connectivity index (χ4n) is 1.92. The van der Waals surface area contributed by atoms with E-state index in [0.29, 0.717) is 15.6 Å². The first-order valence-electron chi connectivity index (χ1n) is 5.63. The van der Waals surface area contributed by atoms with Crippen LogP contribution in [0.5, 0.6) is 0 Å². The van der Waals surface area contributed by atoms with Gasteiger partial charge in [-0.3, -0.25) is 5.32 Å². The van der Waals surface area contributed by atoms with Gasteiger partial charge in [-0.15, -0.1) is 0 Å². The van der Waals surface area contributed by atoms with Gasteiger partial charge in [0.2, 0.25) is 0 Å². The van der Waals surface area contributed by atoms with Crippen LogP contribution < -0.4 is 5.32 Å². The summed E-state index contributed by atoms with van der Waals surface area (Å²) in [6.07, 6.45) is 0. The highest BCUT2D eigenvalue weighted by molar-refractivity contribution is 6.42. The van der Waals surface area contributed by atoms with E-state index in [0.717, 1.165) is 0 Å². The Hall–Kier alpha value is -0.770. The molecule has 0 aliphatic heterocycles. The van der Waals surface area contributed by atoms with Crippen LogP contribution in [0.3, 0.4) is 0 Å². The highest BCUT2D eigenvalue weighted by Crippen LogP contribution is 2.34. The monoisotopic (exact) mass is 289 g/mol. The zero-order chi connectivity index (χ0) is 13.9. The Balaban J connectivity index is 3.34. The minimum Gasteiger partial charge on any atom is -0.467 e. The van der Waals surface area contributed by atoms with Crippen LogP contribution in [0.2, 0.25) is 10.0 Å². The van der Waals surface area contributed by atoms with Gasteiger partial charge in [0.1, 0.15) is 5.54 Å². The van der Waals surface area contributed by atoms with E-state index in [1.54, 1.807) is 25.1 Å². The minimum absolute atomic E-state index is 0.0872. The van der Waals surface area contributed by atoms with Crippen molar-refractivity contribution in [1.29, 1.82) is 0 Å². The standard InChI is InChI=1S/C13H17Cl2NO2/c1-8(2)16-13(3,12(17)18-4)9-6-5-7-10(14)11(9)15/h5-8,16H,1-4H3. The van der Waals surface area contributed by atoms with Crippen LogP contribution in [0.25, 0.3) is 0 Å². The summed E-state index contributed by atoms with van der Waals surface area (Å²) >= 11 is 12.2. The van der Waals surface area contributed by atoms with Crippen LogP contribution in [0.4, 0.5) is 0 Å². The van der Waals surface area contributed by atoms with E-state index >= 15 is 0 Å². The van der Waals surface area contributed by atoms with E-state index in [9.17, 15) is 4.79 Å². The Labute approximate surface area is 117 Å². The predicted octanol–water partition coefficient (Wildman–Crippen LogP) is 3.38. The summed E-state index contributed by atoms with van der Waals surface area (Å²) in [4.78, 5) is 12.0. The number of nitrogens with one attached hydrogen (secondary N) is 1. The molecule has 1 aromatic rings. The lowest BCUT2D eigenvalue weighted by Gasteiger charge is -2.31. The topological polar surface area (TPSA) is 38.3 Å². The summed E-state index contributed by atoms with van der Waals surface area (Å²) in [6.45, 7) is 5.62. The van der Waals surface area contributed by atoms with Crippen molar-refractivity contribution in [1.82, 2.24) is 5.32 Å². The van der Waals surface area contributed by atoms with Gasteiger partial charge >= 0.3 is 5.97 Å². The summed E-state index contributed by atoms with van der Waals surface area (Å²) in [5.41, 5.74) is -0.414. The van der Waals surface area contributed by atoms with Crippen molar-refractivity contribution >= 4 is 29.2 Å². The lowest BCUT2D eigenvalue weighted by Crippen LogP contribution is -2.50. The number of benzene rings is 1. The first-order valence-corrected chi connectivity index (χ1v) is 6.39. The molecule has 0 radical (unpaired) electrons. The molecule has 100 valence electrons. The van der Waals surface area contributed by atoms with Gasteiger partial charge in [-0.25, -0.2) is 4.79 Å². The maximum absolute atomic E-state index is 12.0. The van der Waals surface area contributed by atoms with Crippen molar-refractivity contribution in [2.24, 2.45) is 0 Å². The van der Waals surface area contributed by atoms with Crippen molar-refractivity contribution < 1.29 is 9.53 Å². The fourth-order valence-corrected chi connectivity index (χ4v) is 2.41. The Morgan fingerprint density at radius 2 is 2.00 bits per heavy atom. The van der Waals surface area contributed by atoms with Crippen LogP contribution in [-0.4, -0.2) is 19.1 Å². The summed E-state index contributed by atoms with van der Waals surface area (Å²) in [5.74, 6) is -0.402. The zero-order valence-corrected chi connectivity index (χ0v) is 12.4. The lowest BCUT2D eigenvalue weighted by molar-refractivity contribution is -0.148. The van der Waals surface area contributed by atoms with Crippen LogP contribution in [-0.2, 0) is 15.1 Å². The number of esters is 1. The second-order valence-corrected chi connectivity index (χ2v) is 5.30. The highest BCUT2D eigenvalue weighted by Gasteiger charge is 2.38. The zero-order valence-electron chi connectivity index (χ0n) is 10.9. The Morgan fingerprint density at radius 3 is 2.50 bits per heavy atom. The molecule has 0 bridgehead atoms. The van der Waals surface area contributed by atoms with Gasteiger partial charge in [-0.1, -0.05) is 35.3 Å². The van der Waals surface area contributed by atoms with Crippen LogP contribution in [0.1, 0.15) is 26.3 Å². The Bertz CT molecular complexity index is 449. The molecule has 0 amide bonds. The molecule has 3 nitrogen and oxygen atoms in total. The quantitative estimate of drug-likeness (QED) is 0.864. The van der Waals surface area contributed by atoms with E-state index in [-0.39, 0.29) is 6.04 Å². The molecule has 5 heteroatoms. The van der Waals surface area contributed by atoms with Gasteiger partial charge in [-0.05, 0) is 26.8 Å². The molecule has 1 atom stereocenters. The first kappa shape index (κ1) is 15.3. The molecule has 0 aliphatic carbocycles. The summed E-state index contributed by atoms with van der Waals surface area (Å²) < 4.78 is 4.86. The molecule has 0 aromatic heterocycles. The number of methoxy groups -OCH3 is 1. The van der Waals surface area contributed by atoms with E-state index in [1.165, 1.54) is 7.11 Å². The van der Waals surface area contributed by atoms with Crippen molar-refractivity contribution in [3.05, 3.63) is 33.8 Å². The third-order valence-electron chi connectivity index (χ3n) is 2.66. The van der Waals surface area contributed by atoms with Gasteiger partial charge in [0, 0.05) is 11.6 Å². The SMILES string of the molecule is COC(=O)C(C)(NC(C)C)c1cccc(Cl)c1Cl. The number of carbonyl (C=O) groups is 1. The number of rotatable bonds is 4. The average Bonchev–Trinajstić information content (AvgIpc) is 2.30. The number of ether oxygens (including phenoxy) is 1. The van der Waals surface area contributed by atoms with Crippen molar-refractivity contribution in [2.45, 2.75) is 32.4 Å². The number of carbonyl (C=O) groups excluding carboxylic acids is 1. The molecule has 0 fully saturated rings. The van der Waals surface area contributed by atoms with Crippen LogP contribution >= 0.6 is 23.2 Å². The molecular weight excluding hydrogens is 273 g/mol. The third-order valence-corrected chi connectivity index (χ3v) is 3.48. The largest absolute Gasteiger partial charge is 0.467 e. The van der Waals surface area contributed by atoms with Gasteiger partial charge in [-0.2, -0.15) is 0 Å². The molecule has 0 heterocycles. The van der Waals surface area contributed by atoms with Crippen molar-refractivity contribution in [3.63, 3.8) is 0 Å². The van der Waals surface area contributed by atoms with Crippen LogP contribution in [0.15, 0.2) is 18.2 Å². The van der Waals surface area contributed by atoms with Gasteiger partial charge in [0.05, 0.1) is 17.2 Å². The fraction of sp³-hybridized carbons (Fsp3) is 0.462. The van der Waals surface area contributed by atoms with Gasteiger partial charge in [0.25, 0.3) is 0 Å². The maximum Gasteiger partial charge on any atom is 0.330 e. The molecule has 0 saturated carbocycles. The molecule has 1 aromatic carbocycles. The van der Waals surface area contributed by atoms with Crippen LogP contribution in [0, 0.1) is 0 Å². The molecule has 1 unspecified atom stereocenters. The third kappa shape index (κ3) is 2.97. The summed E-state index contributed by atoms with van der Waals surface area (Å²) in [5, 5.41) is 3.95. The molecule has 1 rings (SSSR count). The molecule has 1 N–H and O–H groups in total. The summed E-state index contributed by atoms with van der Waals surface area (Å²) in [6, 6.07) is 5.29. The minimum atomic E-state index is -1.02. The lowest BCUT2D eigenvalue weighted by atomic mass is 9.91. The number of halogens is 2. The normalized spacial score (nSPS) is 14.4. The molecule has 0 spiro atoms. The van der Waals surface area contributed by atoms with E-state index in [4.69, 9.17) is 27.9 Å². The Kier molecular flexibility index (Phi) is 5.02. The van der Waals surface area contributed by atoms with Gasteiger partial charge < -0.3 is 4.74 Å². The smallest absolute Gasteiger partial charge is 0.330 e. The molecular formula is C13H17Cl2NO2. The van der Waals surface area contributed by atoms with Gasteiger partial charge in [0.15, 0.2) is 0 Å². The molecule has 18 heavy (non-hydrogen) atoms. The number of hydrogen-bond acceptors (Lipinski definition) is 3. The molecule has 0 saturated heterocycles. The first-order chi connectivity index (χ1) is 8.32. The number of hydrogen-bond donors (Lipinski definition) is 1. The van der Waals surface area contributed by atoms with E-state index in [1.807, 2.05) is 13.8 Å². The molecule has 0 aliphatic rings. The highest BCUT2D eigenvalue weighted by atomic mass is 35.5.